The number of rotatable bonds is 6. The van der Waals surface area contributed by atoms with Crippen molar-refractivity contribution < 1.29 is 9.59 Å². The summed E-state index contributed by atoms with van der Waals surface area (Å²) in [6.45, 7) is 1.85. The van der Waals surface area contributed by atoms with Crippen molar-refractivity contribution in [3.8, 4) is 0 Å². The zero-order valence-electron chi connectivity index (χ0n) is 12.6. The third kappa shape index (κ3) is 5.62. The minimum Gasteiger partial charge on any atom is -0.325 e. The van der Waals surface area contributed by atoms with Gasteiger partial charge in [0.25, 0.3) is 0 Å². The summed E-state index contributed by atoms with van der Waals surface area (Å²) < 4.78 is 0. The van der Waals surface area contributed by atoms with Gasteiger partial charge in [-0.15, -0.1) is 11.8 Å². The van der Waals surface area contributed by atoms with Gasteiger partial charge >= 0.3 is 0 Å². The molecule has 2 amide bonds. The van der Waals surface area contributed by atoms with Gasteiger partial charge in [-0.2, -0.15) is 0 Å². The van der Waals surface area contributed by atoms with Crippen LogP contribution in [0.4, 0.5) is 11.4 Å². The van der Waals surface area contributed by atoms with E-state index in [1.807, 2.05) is 37.3 Å². The molecule has 23 heavy (non-hydrogen) atoms. The summed E-state index contributed by atoms with van der Waals surface area (Å²) in [4.78, 5) is 23.7. The Bertz CT molecular complexity index is 692. The molecule has 6 heteroatoms. The number of carbonyl (C=O) groups excluding carboxylic acids is 2. The molecule has 0 spiro atoms. The van der Waals surface area contributed by atoms with Crippen LogP contribution in [-0.2, 0) is 9.59 Å². The van der Waals surface area contributed by atoms with Crippen LogP contribution in [0.2, 0.25) is 5.02 Å². The second-order valence-corrected chi connectivity index (χ2v) is 6.26. The second-order valence-electron chi connectivity index (χ2n) is 4.87. The lowest BCUT2D eigenvalue weighted by molar-refractivity contribution is -0.114. The molecule has 0 heterocycles. The Morgan fingerprint density at radius 3 is 2.30 bits per heavy atom. The van der Waals surface area contributed by atoms with Gasteiger partial charge < -0.3 is 10.6 Å². The van der Waals surface area contributed by atoms with Crippen LogP contribution in [0.5, 0.6) is 0 Å². The van der Waals surface area contributed by atoms with Gasteiger partial charge in [-0.3, -0.25) is 9.59 Å². The fourth-order valence-corrected chi connectivity index (χ4v) is 2.68. The van der Waals surface area contributed by atoms with E-state index in [1.165, 1.54) is 11.8 Å². The molecule has 0 aliphatic heterocycles. The van der Waals surface area contributed by atoms with Crippen LogP contribution in [0.3, 0.4) is 0 Å². The minimum atomic E-state index is -0.159. The van der Waals surface area contributed by atoms with Gasteiger partial charge in [0.1, 0.15) is 0 Å². The third-order valence-corrected chi connectivity index (χ3v) is 4.41. The van der Waals surface area contributed by atoms with Crippen molar-refractivity contribution in [3.63, 3.8) is 0 Å². The van der Waals surface area contributed by atoms with Crippen LogP contribution in [0.25, 0.3) is 0 Å². The molecular formula is C17H17ClN2O2S. The van der Waals surface area contributed by atoms with Crippen LogP contribution >= 0.6 is 23.4 Å². The van der Waals surface area contributed by atoms with Gasteiger partial charge in [0.2, 0.25) is 11.8 Å². The molecule has 0 bridgehead atoms. The first-order chi connectivity index (χ1) is 11.1. The maximum absolute atomic E-state index is 11.9. The molecule has 0 aromatic heterocycles. The van der Waals surface area contributed by atoms with Crippen molar-refractivity contribution in [2.75, 3.05) is 22.1 Å². The molecule has 0 unspecified atom stereocenters. The van der Waals surface area contributed by atoms with Gasteiger partial charge in [0.15, 0.2) is 0 Å². The highest BCUT2D eigenvalue weighted by Gasteiger charge is 2.08. The molecule has 4 nitrogen and oxygen atoms in total. The topological polar surface area (TPSA) is 58.2 Å². The molecular weight excluding hydrogens is 332 g/mol. The maximum atomic E-state index is 11.9. The highest BCUT2D eigenvalue weighted by atomic mass is 35.5. The fraction of sp³-hybridized carbons (Fsp3) is 0.176. The number of amides is 2. The third-order valence-electron chi connectivity index (χ3n) is 3.07. The van der Waals surface area contributed by atoms with Crippen LogP contribution in [0, 0.1) is 6.92 Å². The van der Waals surface area contributed by atoms with Crippen LogP contribution in [-0.4, -0.2) is 23.3 Å². The first-order valence-corrected chi connectivity index (χ1v) is 8.57. The average molecular weight is 349 g/mol. The summed E-state index contributed by atoms with van der Waals surface area (Å²) in [5.74, 6) is 0.131. The lowest BCUT2D eigenvalue weighted by Gasteiger charge is -2.09. The van der Waals surface area contributed by atoms with Gasteiger partial charge in [-0.25, -0.2) is 0 Å². The van der Waals surface area contributed by atoms with E-state index in [0.717, 1.165) is 11.3 Å². The zero-order chi connectivity index (χ0) is 16.7. The summed E-state index contributed by atoms with van der Waals surface area (Å²) >= 11 is 7.27. The number of para-hydroxylation sites is 1. The van der Waals surface area contributed by atoms with E-state index < -0.39 is 0 Å². The Balaban J connectivity index is 1.74. The molecule has 0 saturated carbocycles. The number of anilines is 2. The molecule has 0 aliphatic carbocycles. The number of benzene rings is 2. The van der Waals surface area contributed by atoms with Crippen molar-refractivity contribution in [2.45, 2.75) is 6.92 Å². The van der Waals surface area contributed by atoms with Gasteiger partial charge in [0.05, 0.1) is 11.5 Å². The predicted molar refractivity (Wildman–Crippen MR) is 97.2 cm³/mol. The molecule has 2 aromatic rings. The van der Waals surface area contributed by atoms with Crippen molar-refractivity contribution in [1.29, 1.82) is 0 Å². The molecule has 0 aliphatic rings. The Kier molecular flexibility index (Phi) is 6.50. The van der Waals surface area contributed by atoms with E-state index in [-0.39, 0.29) is 23.3 Å². The highest BCUT2D eigenvalue weighted by Crippen LogP contribution is 2.23. The Labute approximate surface area is 144 Å². The standard InChI is InChI=1S/C17H17ClN2O2S/c1-12-14(18)8-5-9-15(12)20-17(22)11-23-10-16(21)19-13-6-3-2-4-7-13/h2-9H,10-11H2,1H3,(H,19,21)(H,20,22). The lowest BCUT2D eigenvalue weighted by atomic mass is 10.2. The molecule has 2 rings (SSSR count). The predicted octanol–water partition coefficient (Wildman–Crippen LogP) is 3.96. The second kappa shape index (κ2) is 8.60. The molecule has 2 N–H and O–H groups in total. The molecule has 0 radical (unpaired) electrons. The monoisotopic (exact) mass is 348 g/mol. The van der Waals surface area contributed by atoms with E-state index in [4.69, 9.17) is 11.6 Å². The average Bonchev–Trinajstić information content (AvgIpc) is 2.53. The summed E-state index contributed by atoms with van der Waals surface area (Å²) in [5.41, 5.74) is 2.27. The Morgan fingerprint density at radius 2 is 1.61 bits per heavy atom. The highest BCUT2D eigenvalue weighted by molar-refractivity contribution is 8.00. The smallest absolute Gasteiger partial charge is 0.234 e. The van der Waals surface area contributed by atoms with Crippen molar-refractivity contribution in [3.05, 3.63) is 59.1 Å². The number of thioether (sulfide) groups is 1. The molecule has 0 fully saturated rings. The van der Waals surface area contributed by atoms with E-state index in [9.17, 15) is 9.59 Å². The van der Waals surface area contributed by atoms with Gasteiger partial charge in [0, 0.05) is 16.4 Å². The van der Waals surface area contributed by atoms with Crippen LogP contribution < -0.4 is 10.6 Å². The largest absolute Gasteiger partial charge is 0.325 e. The van der Waals surface area contributed by atoms with Crippen molar-refractivity contribution >= 4 is 46.6 Å². The summed E-state index contributed by atoms with van der Waals surface area (Å²) in [6.07, 6.45) is 0. The summed E-state index contributed by atoms with van der Waals surface area (Å²) in [7, 11) is 0. The summed E-state index contributed by atoms with van der Waals surface area (Å²) in [5, 5.41) is 6.18. The zero-order valence-corrected chi connectivity index (χ0v) is 14.2. The lowest BCUT2D eigenvalue weighted by Crippen LogP contribution is -2.18. The van der Waals surface area contributed by atoms with Crippen LogP contribution in [0.15, 0.2) is 48.5 Å². The van der Waals surface area contributed by atoms with E-state index >= 15 is 0 Å². The van der Waals surface area contributed by atoms with Gasteiger partial charge in [-0.05, 0) is 36.8 Å². The van der Waals surface area contributed by atoms with E-state index in [2.05, 4.69) is 10.6 Å². The van der Waals surface area contributed by atoms with Crippen molar-refractivity contribution in [1.82, 2.24) is 0 Å². The Hall–Kier alpha value is -1.98. The first kappa shape index (κ1) is 17.4. The molecule has 0 atom stereocenters. The number of hydrogen-bond acceptors (Lipinski definition) is 3. The molecule has 120 valence electrons. The quantitative estimate of drug-likeness (QED) is 0.830. The molecule has 0 saturated heterocycles. The SMILES string of the molecule is Cc1c(Cl)cccc1NC(=O)CSCC(=O)Nc1ccccc1. The first-order valence-electron chi connectivity index (χ1n) is 7.04. The summed E-state index contributed by atoms with van der Waals surface area (Å²) in [6, 6.07) is 14.6. The van der Waals surface area contributed by atoms with E-state index in [0.29, 0.717) is 10.7 Å². The number of nitrogens with one attached hydrogen (secondary N) is 2. The fourth-order valence-electron chi connectivity index (χ4n) is 1.88. The number of halogens is 1. The number of hydrogen-bond donors (Lipinski definition) is 2. The number of carbonyl (C=O) groups is 2. The van der Waals surface area contributed by atoms with Crippen molar-refractivity contribution in [2.24, 2.45) is 0 Å². The minimum absolute atomic E-state index is 0.132. The maximum Gasteiger partial charge on any atom is 0.234 e. The Morgan fingerprint density at radius 1 is 0.957 bits per heavy atom. The van der Waals surface area contributed by atoms with Gasteiger partial charge in [-0.1, -0.05) is 35.9 Å². The normalized spacial score (nSPS) is 10.2. The molecule has 2 aromatic carbocycles. The van der Waals surface area contributed by atoms with Crippen LogP contribution in [0.1, 0.15) is 5.56 Å². The van der Waals surface area contributed by atoms with E-state index in [1.54, 1.807) is 18.2 Å².